The fourth-order valence-electron chi connectivity index (χ4n) is 2.67. The number of hydrogen-bond donors (Lipinski definition) is 3. The highest BCUT2D eigenvalue weighted by Gasteiger charge is 2.21. The molecule has 0 heterocycles. The van der Waals surface area contributed by atoms with Gasteiger partial charge in [-0.2, -0.15) is 4.72 Å². The van der Waals surface area contributed by atoms with Gasteiger partial charge in [0.2, 0.25) is 10.0 Å². The summed E-state index contributed by atoms with van der Waals surface area (Å²) in [5, 5.41) is 0. The van der Waals surface area contributed by atoms with Gasteiger partial charge in [-0.05, 0) is 48.5 Å². The molecule has 166 valence electrons. The van der Waals surface area contributed by atoms with E-state index in [1.54, 1.807) is 42.5 Å². The maximum Gasteiger partial charge on any atom is 0.345 e. The van der Waals surface area contributed by atoms with E-state index in [0.717, 1.165) is 0 Å². The molecule has 0 unspecified atom stereocenters. The molecule has 0 radical (unpaired) electrons. The molecule has 32 heavy (non-hydrogen) atoms. The zero-order chi connectivity index (χ0) is 23.1. The van der Waals surface area contributed by atoms with Crippen molar-refractivity contribution in [2.45, 2.75) is 17.5 Å². The van der Waals surface area contributed by atoms with E-state index in [0.29, 0.717) is 17.2 Å². The number of anilines is 1. The van der Waals surface area contributed by atoms with Crippen LogP contribution >= 0.6 is 0 Å². The molecule has 0 saturated carbocycles. The maximum atomic E-state index is 12.2. The van der Waals surface area contributed by atoms with Gasteiger partial charge in [-0.25, -0.2) is 13.2 Å². The summed E-state index contributed by atoms with van der Waals surface area (Å²) >= 11 is 0. The third-order valence-electron chi connectivity index (χ3n) is 4.14. The topological polar surface area (TPSA) is 151 Å². The average molecular weight is 455 g/mol. The van der Waals surface area contributed by atoms with Gasteiger partial charge in [0.05, 0.1) is 23.0 Å². The Balaban J connectivity index is 1.53. The fraction of sp³-hybridized carbons (Fsp3) is 0.0909. The SMILES string of the molecule is Nc1cccc(Oc2ccc(C(=O)OC(=O)C[C@@H](N)NS(=O)(=O)c3ccccc3)cc2)c1. The lowest BCUT2D eigenvalue weighted by molar-refractivity contribution is -0.138. The molecule has 3 aromatic rings. The van der Waals surface area contributed by atoms with Crippen LogP contribution in [0.15, 0.2) is 83.8 Å². The summed E-state index contributed by atoms with van der Waals surface area (Å²) in [7, 11) is -3.91. The van der Waals surface area contributed by atoms with Gasteiger partial charge in [-0.3, -0.25) is 4.79 Å². The smallest absolute Gasteiger partial charge is 0.345 e. The van der Waals surface area contributed by atoms with Crippen LogP contribution in [0, 0.1) is 0 Å². The Kier molecular flexibility index (Phi) is 7.21. The number of esters is 2. The van der Waals surface area contributed by atoms with Crippen LogP contribution < -0.4 is 20.9 Å². The highest BCUT2D eigenvalue weighted by molar-refractivity contribution is 7.89. The summed E-state index contributed by atoms with van der Waals surface area (Å²) in [6, 6.07) is 20.3. The minimum absolute atomic E-state index is 0.000363. The van der Waals surface area contributed by atoms with Crippen molar-refractivity contribution in [1.82, 2.24) is 4.72 Å². The zero-order valence-electron chi connectivity index (χ0n) is 16.8. The number of ether oxygens (including phenoxy) is 2. The second-order valence-corrected chi connectivity index (χ2v) is 8.42. The molecule has 0 aliphatic carbocycles. The number of carbonyl (C=O) groups excluding carboxylic acids is 2. The number of carbonyl (C=O) groups is 2. The first-order chi connectivity index (χ1) is 15.2. The first-order valence-electron chi connectivity index (χ1n) is 9.44. The molecule has 0 spiro atoms. The van der Waals surface area contributed by atoms with Crippen LogP contribution in [-0.2, 0) is 19.6 Å². The van der Waals surface area contributed by atoms with Crippen molar-refractivity contribution in [3.05, 3.63) is 84.4 Å². The quantitative estimate of drug-likeness (QED) is 0.203. The van der Waals surface area contributed by atoms with Gasteiger partial charge in [-0.15, -0.1) is 0 Å². The second-order valence-electron chi connectivity index (χ2n) is 6.71. The average Bonchev–Trinajstić information content (AvgIpc) is 2.74. The number of rotatable bonds is 8. The lowest BCUT2D eigenvalue weighted by atomic mass is 10.2. The largest absolute Gasteiger partial charge is 0.457 e. The van der Waals surface area contributed by atoms with Crippen LogP contribution in [-0.4, -0.2) is 26.5 Å². The molecule has 0 aliphatic heterocycles. The molecular formula is C22H21N3O6S. The molecule has 3 aromatic carbocycles. The molecule has 0 bridgehead atoms. The number of hydrogen-bond acceptors (Lipinski definition) is 8. The molecule has 0 amide bonds. The normalized spacial score (nSPS) is 12.0. The molecule has 0 fully saturated rings. The van der Waals surface area contributed by atoms with E-state index in [4.69, 9.17) is 20.9 Å². The predicted molar refractivity (Wildman–Crippen MR) is 117 cm³/mol. The van der Waals surface area contributed by atoms with Gasteiger partial charge in [0, 0.05) is 11.8 Å². The van der Waals surface area contributed by atoms with Crippen LogP contribution in [0.2, 0.25) is 0 Å². The van der Waals surface area contributed by atoms with Crippen molar-refractivity contribution >= 4 is 27.6 Å². The van der Waals surface area contributed by atoms with Gasteiger partial charge < -0.3 is 20.9 Å². The van der Waals surface area contributed by atoms with Crippen molar-refractivity contribution in [2.24, 2.45) is 5.73 Å². The summed E-state index contributed by atoms with van der Waals surface area (Å²) < 4.78 is 37.0. The third-order valence-corrected chi connectivity index (χ3v) is 5.64. The molecule has 10 heteroatoms. The molecule has 3 rings (SSSR count). The Labute approximate surface area is 185 Å². The molecule has 0 aliphatic rings. The van der Waals surface area contributed by atoms with E-state index in [9.17, 15) is 18.0 Å². The van der Waals surface area contributed by atoms with Crippen molar-refractivity contribution in [3.8, 4) is 11.5 Å². The molecule has 9 nitrogen and oxygen atoms in total. The maximum absolute atomic E-state index is 12.2. The molecule has 0 saturated heterocycles. The van der Waals surface area contributed by atoms with Crippen LogP contribution in [0.25, 0.3) is 0 Å². The van der Waals surface area contributed by atoms with E-state index in [1.807, 2.05) is 0 Å². The third kappa shape index (κ3) is 6.38. The number of nitrogen functional groups attached to an aromatic ring is 1. The summed E-state index contributed by atoms with van der Waals surface area (Å²) in [5.41, 5.74) is 12.0. The highest BCUT2D eigenvalue weighted by Crippen LogP contribution is 2.23. The lowest BCUT2D eigenvalue weighted by Gasteiger charge is -2.13. The summed E-state index contributed by atoms with van der Waals surface area (Å²) in [5.74, 6) is -0.889. The molecule has 0 aromatic heterocycles. The minimum Gasteiger partial charge on any atom is -0.457 e. The standard InChI is InChI=1S/C22H21N3O6S/c23-16-5-4-6-18(13-16)30-17-11-9-15(10-12-17)22(27)31-21(26)14-20(24)25-32(28,29)19-7-2-1-3-8-19/h1-13,20,25H,14,23-24H2/t20-/m0/s1. The summed E-state index contributed by atoms with van der Waals surface area (Å²) in [6.07, 6.45) is -1.80. The van der Waals surface area contributed by atoms with Crippen LogP contribution in [0.3, 0.4) is 0 Å². The Morgan fingerprint density at radius 1 is 0.906 bits per heavy atom. The van der Waals surface area contributed by atoms with Crippen LogP contribution in [0.1, 0.15) is 16.8 Å². The highest BCUT2D eigenvalue weighted by atomic mass is 32.2. The Morgan fingerprint density at radius 3 is 2.25 bits per heavy atom. The van der Waals surface area contributed by atoms with Gasteiger partial charge in [0.15, 0.2) is 0 Å². The van der Waals surface area contributed by atoms with Gasteiger partial charge in [-0.1, -0.05) is 24.3 Å². The molecule has 1 atom stereocenters. The van der Waals surface area contributed by atoms with E-state index >= 15 is 0 Å². The van der Waals surface area contributed by atoms with Crippen molar-refractivity contribution in [1.29, 1.82) is 0 Å². The number of benzene rings is 3. The Hall–Kier alpha value is -3.73. The van der Waals surface area contributed by atoms with Crippen molar-refractivity contribution in [2.75, 3.05) is 5.73 Å². The second kappa shape index (κ2) is 10.1. The summed E-state index contributed by atoms with van der Waals surface area (Å²) in [4.78, 5) is 24.2. The summed E-state index contributed by atoms with van der Waals surface area (Å²) in [6.45, 7) is 0. The molecule has 5 N–H and O–H groups in total. The van der Waals surface area contributed by atoms with E-state index < -0.39 is 34.5 Å². The zero-order valence-corrected chi connectivity index (χ0v) is 17.6. The Bertz CT molecular complexity index is 1200. The van der Waals surface area contributed by atoms with Crippen LogP contribution in [0.5, 0.6) is 11.5 Å². The number of nitrogens with two attached hydrogens (primary N) is 2. The minimum atomic E-state index is -3.91. The lowest BCUT2D eigenvalue weighted by Crippen LogP contribution is -2.43. The first kappa shape index (κ1) is 22.9. The molecular weight excluding hydrogens is 434 g/mol. The predicted octanol–water partition coefficient (Wildman–Crippen LogP) is 2.40. The van der Waals surface area contributed by atoms with Gasteiger partial charge in [0.1, 0.15) is 11.5 Å². The first-order valence-corrected chi connectivity index (χ1v) is 10.9. The van der Waals surface area contributed by atoms with E-state index in [1.165, 1.54) is 36.4 Å². The number of sulfonamides is 1. The fourth-order valence-corrected chi connectivity index (χ4v) is 3.80. The van der Waals surface area contributed by atoms with E-state index in [-0.39, 0.29) is 10.5 Å². The van der Waals surface area contributed by atoms with Crippen molar-refractivity contribution < 1.29 is 27.5 Å². The Morgan fingerprint density at radius 2 is 1.59 bits per heavy atom. The van der Waals surface area contributed by atoms with Gasteiger partial charge >= 0.3 is 11.9 Å². The van der Waals surface area contributed by atoms with Crippen LogP contribution in [0.4, 0.5) is 5.69 Å². The van der Waals surface area contributed by atoms with Crippen molar-refractivity contribution in [3.63, 3.8) is 0 Å². The monoisotopic (exact) mass is 455 g/mol. The van der Waals surface area contributed by atoms with Gasteiger partial charge in [0.25, 0.3) is 0 Å². The van der Waals surface area contributed by atoms with E-state index in [2.05, 4.69) is 4.72 Å². The number of nitrogens with one attached hydrogen (secondary N) is 1.